The highest BCUT2D eigenvalue weighted by Gasteiger charge is 2.48. The largest absolute Gasteiger partial charge is 0.378 e. The molecule has 0 atom stereocenters. The van der Waals surface area contributed by atoms with E-state index in [4.69, 9.17) is 0 Å². The van der Waals surface area contributed by atoms with Gasteiger partial charge in [-0.1, -0.05) is 123 Å². The van der Waals surface area contributed by atoms with Crippen LogP contribution in [0.25, 0.3) is 81.2 Å². The number of hydrogen-bond acceptors (Lipinski definition) is 1. The quantitative estimate of drug-likeness (QED) is 0.163. The van der Waals surface area contributed by atoms with Crippen LogP contribution >= 0.6 is 11.3 Å². The maximum Gasteiger partial charge on any atom is 0.332 e. The standard InChI is InChI=1S/C43H27BN2S/c1-43(2)32-19-8-6-14-27(32)36-29-17-10-16-26-31-22-25(24-12-4-3-5-13-24)23-34-37(31)44(46(38(26)29)42(36)43)33-20-11-18-30-39(33)45(34)40-28-15-7-9-21-35(28)47-41(30)40/h3-23H,1-2H3. The van der Waals surface area contributed by atoms with Crippen molar-refractivity contribution in [2.75, 3.05) is 0 Å². The highest BCUT2D eigenvalue weighted by atomic mass is 32.1. The van der Waals surface area contributed by atoms with Crippen LogP contribution in [-0.4, -0.2) is 15.9 Å². The van der Waals surface area contributed by atoms with Gasteiger partial charge in [0, 0.05) is 54.3 Å². The first-order valence-corrected chi connectivity index (χ1v) is 17.4. The fourth-order valence-corrected chi connectivity index (χ4v) is 10.9. The van der Waals surface area contributed by atoms with Gasteiger partial charge in [-0.25, -0.2) is 0 Å². The summed E-state index contributed by atoms with van der Waals surface area (Å²) in [6.07, 6.45) is 0. The fourth-order valence-electron chi connectivity index (χ4n) is 9.66. The molecule has 0 bridgehead atoms. The van der Waals surface area contributed by atoms with Gasteiger partial charge in [0.25, 0.3) is 0 Å². The summed E-state index contributed by atoms with van der Waals surface area (Å²) in [4.78, 5) is 0. The molecule has 0 unspecified atom stereocenters. The van der Waals surface area contributed by atoms with E-state index in [9.17, 15) is 0 Å². The molecule has 3 aliphatic rings. The van der Waals surface area contributed by atoms with Crippen LogP contribution in [0.4, 0.5) is 0 Å². The minimum atomic E-state index is -0.131. The summed E-state index contributed by atoms with van der Waals surface area (Å²) in [5.41, 5.74) is 19.0. The molecule has 4 heteroatoms. The summed E-state index contributed by atoms with van der Waals surface area (Å²) in [5.74, 6) is 0. The first-order valence-electron chi connectivity index (χ1n) is 16.6. The third-order valence-electron chi connectivity index (χ3n) is 11.4. The predicted octanol–water partition coefficient (Wildman–Crippen LogP) is 9.87. The average molecular weight is 615 g/mol. The van der Waals surface area contributed by atoms with E-state index >= 15 is 0 Å². The number of fused-ring (bicyclic) bond motifs is 14. The van der Waals surface area contributed by atoms with Crippen molar-refractivity contribution >= 4 is 71.2 Å². The highest BCUT2D eigenvalue weighted by Crippen LogP contribution is 2.55. The van der Waals surface area contributed by atoms with Gasteiger partial charge in [0.15, 0.2) is 0 Å². The first kappa shape index (κ1) is 24.9. The number of rotatable bonds is 1. The first-order chi connectivity index (χ1) is 23.1. The van der Waals surface area contributed by atoms with Crippen molar-refractivity contribution in [3.05, 3.63) is 139 Å². The molecule has 1 aliphatic carbocycles. The maximum atomic E-state index is 2.77. The van der Waals surface area contributed by atoms with Crippen molar-refractivity contribution < 1.29 is 0 Å². The second-order valence-corrected chi connectivity index (χ2v) is 15.1. The molecule has 12 rings (SSSR count). The molecule has 9 aromatic rings. The Hall–Kier alpha value is -5.32. The number of benzene rings is 6. The van der Waals surface area contributed by atoms with Crippen molar-refractivity contribution in [2.24, 2.45) is 0 Å². The molecule has 0 saturated carbocycles. The van der Waals surface area contributed by atoms with E-state index in [0.717, 1.165) is 0 Å². The zero-order chi connectivity index (χ0) is 30.8. The topological polar surface area (TPSA) is 9.86 Å². The average Bonchev–Trinajstić information content (AvgIpc) is 3.82. The molecule has 3 aromatic heterocycles. The Morgan fingerprint density at radius 2 is 1.34 bits per heavy atom. The molecule has 2 nitrogen and oxygen atoms in total. The Balaban J connectivity index is 1.33. The maximum absolute atomic E-state index is 2.77. The normalized spacial score (nSPS) is 14.7. The Kier molecular flexibility index (Phi) is 4.31. The molecule has 6 aromatic carbocycles. The Labute approximate surface area is 276 Å². The number of thiophene rings is 1. The van der Waals surface area contributed by atoms with E-state index in [1.54, 1.807) is 0 Å². The molecular formula is C43H27BN2S. The fraction of sp³-hybridized carbons (Fsp3) is 0.0698. The van der Waals surface area contributed by atoms with Gasteiger partial charge >= 0.3 is 6.85 Å². The summed E-state index contributed by atoms with van der Waals surface area (Å²) >= 11 is 1.93. The molecule has 0 spiro atoms. The van der Waals surface area contributed by atoms with Gasteiger partial charge in [-0.2, -0.15) is 0 Å². The van der Waals surface area contributed by atoms with E-state index in [0.29, 0.717) is 0 Å². The second kappa shape index (κ2) is 8.15. The van der Waals surface area contributed by atoms with Crippen LogP contribution in [-0.2, 0) is 5.41 Å². The summed E-state index contributed by atoms with van der Waals surface area (Å²) in [7, 11) is 0. The van der Waals surface area contributed by atoms with Crippen molar-refractivity contribution in [2.45, 2.75) is 19.3 Å². The molecule has 2 aliphatic heterocycles. The van der Waals surface area contributed by atoms with Crippen LogP contribution < -0.4 is 10.9 Å². The third kappa shape index (κ3) is 2.75. The number of aromatic nitrogens is 2. The van der Waals surface area contributed by atoms with Crippen LogP contribution in [0.3, 0.4) is 0 Å². The van der Waals surface area contributed by atoms with Crippen LogP contribution in [0.5, 0.6) is 0 Å². The van der Waals surface area contributed by atoms with Crippen molar-refractivity contribution in [3.8, 4) is 39.1 Å². The van der Waals surface area contributed by atoms with Gasteiger partial charge in [0.05, 0.1) is 15.7 Å². The summed E-state index contributed by atoms with van der Waals surface area (Å²) in [5, 5.41) is 4.06. The Bertz CT molecular complexity index is 2880. The van der Waals surface area contributed by atoms with Crippen molar-refractivity contribution in [3.63, 3.8) is 0 Å². The van der Waals surface area contributed by atoms with E-state index < -0.39 is 0 Å². The molecule has 218 valence electrons. The van der Waals surface area contributed by atoms with Gasteiger partial charge in [0.2, 0.25) is 0 Å². The molecule has 0 amide bonds. The van der Waals surface area contributed by atoms with Gasteiger partial charge in [-0.3, -0.25) is 0 Å². The van der Waals surface area contributed by atoms with Crippen LogP contribution in [0.15, 0.2) is 127 Å². The molecule has 5 heterocycles. The minimum Gasteiger partial charge on any atom is -0.378 e. The summed E-state index contributed by atoms with van der Waals surface area (Å²) in [6, 6.07) is 48.1. The number of hydrogen-bond donors (Lipinski definition) is 0. The predicted molar refractivity (Wildman–Crippen MR) is 201 cm³/mol. The van der Waals surface area contributed by atoms with Crippen LogP contribution in [0.1, 0.15) is 25.1 Å². The van der Waals surface area contributed by atoms with Crippen LogP contribution in [0.2, 0.25) is 0 Å². The molecule has 47 heavy (non-hydrogen) atoms. The van der Waals surface area contributed by atoms with Gasteiger partial charge in [0.1, 0.15) is 0 Å². The number of nitrogens with zero attached hydrogens (tertiary/aromatic N) is 2. The minimum absolute atomic E-state index is 0.0750. The van der Waals surface area contributed by atoms with Crippen LogP contribution in [0, 0.1) is 0 Å². The van der Waals surface area contributed by atoms with E-state index in [2.05, 4.69) is 150 Å². The molecule has 0 saturated heterocycles. The zero-order valence-electron chi connectivity index (χ0n) is 26.0. The lowest BCUT2D eigenvalue weighted by molar-refractivity contribution is 0.632. The third-order valence-corrected chi connectivity index (χ3v) is 12.6. The molecule has 0 fully saturated rings. The lowest BCUT2D eigenvalue weighted by Gasteiger charge is -2.37. The van der Waals surface area contributed by atoms with Crippen molar-refractivity contribution in [1.29, 1.82) is 0 Å². The monoisotopic (exact) mass is 614 g/mol. The lowest BCUT2D eigenvalue weighted by Crippen LogP contribution is -2.56. The Morgan fingerprint density at radius 1 is 0.596 bits per heavy atom. The zero-order valence-corrected chi connectivity index (χ0v) is 26.8. The van der Waals surface area contributed by atoms with Crippen molar-refractivity contribution in [1.82, 2.24) is 9.05 Å². The van der Waals surface area contributed by atoms with E-state index in [-0.39, 0.29) is 12.3 Å². The van der Waals surface area contributed by atoms with Gasteiger partial charge < -0.3 is 9.05 Å². The van der Waals surface area contributed by atoms with E-state index in [1.165, 1.54) is 103 Å². The number of para-hydroxylation sites is 2. The second-order valence-electron chi connectivity index (χ2n) is 14.0. The molecule has 0 N–H and O–H groups in total. The summed E-state index contributed by atoms with van der Waals surface area (Å²) < 4.78 is 8.13. The highest BCUT2D eigenvalue weighted by molar-refractivity contribution is 7.26. The molecular weight excluding hydrogens is 587 g/mol. The van der Waals surface area contributed by atoms with E-state index in [1.807, 2.05) is 11.3 Å². The lowest BCUT2D eigenvalue weighted by atomic mass is 9.45. The van der Waals surface area contributed by atoms with Gasteiger partial charge in [-0.05, 0) is 56.9 Å². The van der Waals surface area contributed by atoms with Gasteiger partial charge in [-0.15, -0.1) is 11.3 Å². The summed E-state index contributed by atoms with van der Waals surface area (Å²) in [6.45, 7) is 4.94. The smallest absolute Gasteiger partial charge is 0.332 e. The molecule has 0 radical (unpaired) electrons. The Morgan fingerprint density at radius 3 is 2.26 bits per heavy atom. The SMILES string of the molecule is CC1(C)c2ccccc2-c2c1n1c3c(cccc23)-c2cc(-c3ccccc3)cc3c2B1c1cccc2c4sc5ccccc5c4n-3c12.